The number of carbonyl (C=O) groups excluding carboxylic acids is 1. The summed E-state index contributed by atoms with van der Waals surface area (Å²) in [6.45, 7) is 4.06. The molecule has 0 saturated carbocycles. The van der Waals surface area contributed by atoms with Crippen LogP contribution in [0, 0.1) is 0 Å². The molecule has 0 fully saturated rings. The molecule has 2 N–H and O–H groups in total. The second-order valence-electron chi connectivity index (χ2n) is 6.57. The quantitative estimate of drug-likeness (QED) is 0.664. The first-order valence-electron chi connectivity index (χ1n) is 9.21. The minimum atomic E-state index is -0.518. The van der Waals surface area contributed by atoms with Crippen molar-refractivity contribution in [3.05, 3.63) is 28.6 Å². The lowest BCUT2D eigenvalue weighted by Gasteiger charge is -2.14. The molecule has 1 aromatic carbocycles. The van der Waals surface area contributed by atoms with Gasteiger partial charge in [0.25, 0.3) is 5.56 Å². The highest BCUT2D eigenvalue weighted by atomic mass is 16.5. The number of nitrogens with zero attached hydrogens (tertiary/aromatic N) is 1. The highest BCUT2D eigenvalue weighted by Crippen LogP contribution is 2.33. The first kappa shape index (κ1) is 19.8. The Bertz CT molecular complexity index is 827. The van der Waals surface area contributed by atoms with Gasteiger partial charge in [-0.2, -0.15) is 0 Å². The minimum Gasteiger partial charge on any atom is -0.500 e. The number of hydrogen-bond acceptors (Lipinski definition) is 4. The van der Waals surface area contributed by atoms with E-state index in [0.29, 0.717) is 23.2 Å². The number of aromatic nitrogens is 1. The highest BCUT2D eigenvalue weighted by molar-refractivity contribution is 5.94. The zero-order chi connectivity index (χ0) is 19.1. The molecule has 6 heteroatoms. The first-order chi connectivity index (χ1) is 12.5. The fourth-order valence-electron chi connectivity index (χ4n) is 2.98. The number of hydrogen-bond donors (Lipinski definition) is 2. The van der Waals surface area contributed by atoms with Crippen molar-refractivity contribution in [1.82, 2.24) is 4.57 Å². The summed E-state index contributed by atoms with van der Waals surface area (Å²) in [5.74, 6) is -0.350. The summed E-state index contributed by atoms with van der Waals surface area (Å²) in [6.07, 6.45) is 6.80. The van der Waals surface area contributed by atoms with Gasteiger partial charge in [-0.25, -0.2) is 0 Å². The molecule has 0 aliphatic carbocycles. The summed E-state index contributed by atoms with van der Waals surface area (Å²) in [7, 11) is 1.58. The fourth-order valence-corrected chi connectivity index (χ4v) is 2.98. The number of fused-ring (bicyclic) bond motifs is 1. The van der Waals surface area contributed by atoms with Gasteiger partial charge >= 0.3 is 0 Å². The Hall–Kier alpha value is -2.50. The fraction of sp³-hybridized carbons (Fsp3) is 0.500. The number of carbonyl (C=O) groups is 1. The Morgan fingerprint density at radius 2 is 1.88 bits per heavy atom. The van der Waals surface area contributed by atoms with Crippen molar-refractivity contribution in [2.75, 3.05) is 11.9 Å². The molecule has 142 valence electrons. The Balaban J connectivity index is 2.20. The highest BCUT2D eigenvalue weighted by Gasteiger charge is 2.16. The van der Waals surface area contributed by atoms with Crippen molar-refractivity contribution in [2.24, 2.45) is 7.05 Å². The second kappa shape index (κ2) is 9.27. The average molecular weight is 360 g/mol. The summed E-state index contributed by atoms with van der Waals surface area (Å²) in [6, 6.07) is 5.18. The van der Waals surface area contributed by atoms with E-state index in [2.05, 4.69) is 12.2 Å². The number of pyridine rings is 1. The third kappa shape index (κ3) is 4.77. The van der Waals surface area contributed by atoms with Crippen molar-refractivity contribution in [3.8, 4) is 11.5 Å². The molecule has 6 nitrogen and oxygen atoms in total. The standard InChI is InChI=1S/C20H28N2O4/c1-4-5-6-7-8-9-12-26-19-16-11-10-15(21-14(2)23)13-17(16)22(3)20(25)18(19)24/h10-11,13,24H,4-9,12H2,1-3H3,(H,21,23). The largest absolute Gasteiger partial charge is 0.500 e. The Morgan fingerprint density at radius 1 is 1.19 bits per heavy atom. The van der Waals surface area contributed by atoms with Crippen molar-refractivity contribution < 1.29 is 14.6 Å². The molecule has 1 heterocycles. The molecule has 2 aromatic rings. The molecule has 0 spiro atoms. The van der Waals surface area contributed by atoms with Gasteiger partial charge in [-0.3, -0.25) is 9.59 Å². The van der Waals surface area contributed by atoms with Gasteiger partial charge in [-0.05, 0) is 24.6 Å². The molecular formula is C20H28N2O4. The molecule has 0 saturated heterocycles. The van der Waals surface area contributed by atoms with Gasteiger partial charge in [0.1, 0.15) is 0 Å². The van der Waals surface area contributed by atoms with E-state index in [4.69, 9.17) is 4.74 Å². The van der Waals surface area contributed by atoms with Crippen LogP contribution in [-0.4, -0.2) is 22.2 Å². The molecule has 0 unspecified atom stereocenters. The maximum Gasteiger partial charge on any atom is 0.296 e. The molecule has 0 aliphatic rings. The smallest absolute Gasteiger partial charge is 0.296 e. The number of anilines is 1. The van der Waals surface area contributed by atoms with E-state index in [1.807, 2.05) is 0 Å². The molecule has 0 aliphatic heterocycles. The predicted octanol–water partition coefficient (Wildman–Crippen LogP) is 3.94. The zero-order valence-electron chi connectivity index (χ0n) is 15.8. The number of aryl methyl sites for hydroxylation is 1. The van der Waals surface area contributed by atoms with Crippen molar-refractivity contribution in [1.29, 1.82) is 0 Å². The van der Waals surface area contributed by atoms with Crippen LogP contribution in [-0.2, 0) is 11.8 Å². The average Bonchev–Trinajstić information content (AvgIpc) is 2.61. The molecule has 26 heavy (non-hydrogen) atoms. The van der Waals surface area contributed by atoms with Gasteiger partial charge in [0.05, 0.1) is 12.1 Å². The van der Waals surface area contributed by atoms with Crippen LogP contribution in [0.4, 0.5) is 5.69 Å². The maximum absolute atomic E-state index is 12.3. The number of benzene rings is 1. The number of unbranched alkanes of at least 4 members (excludes halogenated alkanes) is 5. The van der Waals surface area contributed by atoms with Gasteiger partial charge in [0.2, 0.25) is 11.7 Å². The normalized spacial score (nSPS) is 10.9. The lowest BCUT2D eigenvalue weighted by atomic mass is 10.1. The summed E-state index contributed by atoms with van der Waals surface area (Å²) in [5, 5.41) is 13.6. The molecule has 0 bridgehead atoms. The number of ether oxygens (including phenoxy) is 1. The number of aromatic hydroxyl groups is 1. The number of amides is 1. The Kier molecular flexibility index (Phi) is 7.06. The van der Waals surface area contributed by atoms with Crippen molar-refractivity contribution in [3.63, 3.8) is 0 Å². The van der Waals surface area contributed by atoms with Gasteiger partial charge in [0.15, 0.2) is 5.75 Å². The second-order valence-corrected chi connectivity index (χ2v) is 6.57. The topological polar surface area (TPSA) is 80.6 Å². The predicted molar refractivity (Wildman–Crippen MR) is 104 cm³/mol. The Labute approximate surface area is 153 Å². The summed E-state index contributed by atoms with van der Waals surface area (Å²) in [4.78, 5) is 23.5. The maximum atomic E-state index is 12.3. The van der Waals surface area contributed by atoms with E-state index < -0.39 is 5.56 Å². The van der Waals surface area contributed by atoms with Gasteiger partial charge in [-0.1, -0.05) is 39.0 Å². The lowest BCUT2D eigenvalue weighted by molar-refractivity contribution is -0.114. The van der Waals surface area contributed by atoms with Gasteiger partial charge < -0.3 is 19.7 Å². The van der Waals surface area contributed by atoms with E-state index in [1.54, 1.807) is 25.2 Å². The van der Waals surface area contributed by atoms with Crippen LogP contribution in [0.3, 0.4) is 0 Å². The van der Waals surface area contributed by atoms with Crippen LogP contribution in [0.1, 0.15) is 52.4 Å². The SMILES string of the molecule is CCCCCCCCOc1c(O)c(=O)n(C)c2cc(NC(C)=O)ccc12. The first-order valence-corrected chi connectivity index (χ1v) is 9.21. The summed E-state index contributed by atoms with van der Waals surface area (Å²) in [5.41, 5.74) is 0.667. The number of nitrogens with one attached hydrogen (secondary N) is 1. The van der Waals surface area contributed by atoms with Crippen LogP contribution in [0.25, 0.3) is 10.9 Å². The molecule has 0 atom stereocenters. The van der Waals surface area contributed by atoms with Crippen LogP contribution >= 0.6 is 0 Å². The monoisotopic (exact) mass is 360 g/mol. The van der Waals surface area contributed by atoms with Crippen LogP contribution in [0.2, 0.25) is 0 Å². The molecular weight excluding hydrogens is 332 g/mol. The molecule has 1 aromatic heterocycles. The molecule has 0 radical (unpaired) electrons. The third-order valence-corrected chi connectivity index (χ3v) is 4.39. The third-order valence-electron chi connectivity index (χ3n) is 4.39. The summed E-state index contributed by atoms with van der Waals surface area (Å²) < 4.78 is 7.12. The molecule has 2 rings (SSSR count). The van der Waals surface area contributed by atoms with Gasteiger partial charge in [0, 0.05) is 25.0 Å². The van der Waals surface area contributed by atoms with E-state index in [0.717, 1.165) is 12.8 Å². The lowest BCUT2D eigenvalue weighted by Crippen LogP contribution is -2.18. The van der Waals surface area contributed by atoms with Crippen LogP contribution < -0.4 is 15.6 Å². The summed E-state index contributed by atoms with van der Waals surface area (Å²) >= 11 is 0. The van der Waals surface area contributed by atoms with Crippen LogP contribution in [0.15, 0.2) is 23.0 Å². The van der Waals surface area contributed by atoms with Crippen molar-refractivity contribution in [2.45, 2.75) is 52.4 Å². The Morgan fingerprint density at radius 3 is 2.58 bits per heavy atom. The van der Waals surface area contributed by atoms with Crippen LogP contribution in [0.5, 0.6) is 11.5 Å². The van der Waals surface area contributed by atoms with E-state index in [1.165, 1.54) is 37.2 Å². The van der Waals surface area contributed by atoms with E-state index in [9.17, 15) is 14.7 Å². The van der Waals surface area contributed by atoms with E-state index in [-0.39, 0.29) is 17.4 Å². The van der Waals surface area contributed by atoms with Gasteiger partial charge in [-0.15, -0.1) is 0 Å². The number of rotatable bonds is 9. The zero-order valence-corrected chi connectivity index (χ0v) is 15.8. The minimum absolute atomic E-state index is 0.187. The molecule has 1 amide bonds. The van der Waals surface area contributed by atoms with Crippen molar-refractivity contribution >= 4 is 22.5 Å². The van der Waals surface area contributed by atoms with E-state index >= 15 is 0 Å².